The van der Waals surface area contributed by atoms with Gasteiger partial charge in [-0.2, -0.15) is 0 Å². The maximum atomic E-state index is 14.6. The highest BCUT2D eigenvalue weighted by atomic mass is 16.6. The molecule has 27 heteroatoms. The van der Waals surface area contributed by atoms with Crippen molar-refractivity contribution in [3.63, 3.8) is 0 Å². The summed E-state index contributed by atoms with van der Waals surface area (Å²) in [5.74, 6) is -1.12. The van der Waals surface area contributed by atoms with E-state index in [1.807, 2.05) is 19.0 Å². The molecule has 520 valence electrons. The van der Waals surface area contributed by atoms with Crippen molar-refractivity contribution in [3.05, 3.63) is 46.5 Å². The number of nitrogens with zero attached hydrogens (tertiary/aromatic N) is 3. The third kappa shape index (κ3) is 30.5. The van der Waals surface area contributed by atoms with Crippen molar-refractivity contribution >= 4 is 59.9 Å². The van der Waals surface area contributed by atoms with Crippen molar-refractivity contribution in [2.45, 2.75) is 220 Å². The number of likely N-dealkylation sites (N-methyl/N-ethyl adjacent to an activating group) is 1. The highest BCUT2D eigenvalue weighted by Crippen LogP contribution is 2.33. The highest BCUT2D eigenvalue weighted by Gasteiger charge is 2.31. The molecule has 0 saturated heterocycles. The van der Waals surface area contributed by atoms with Crippen LogP contribution in [0.3, 0.4) is 0 Å². The first-order chi connectivity index (χ1) is 43.6. The van der Waals surface area contributed by atoms with Gasteiger partial charge in [0.15, 0.2) is 0 Å². The summed E-state index contributed by atoms with van der Waals surface area (Å²) in [6.07, 6.45) is 6.78. The molecule has 4 rings (SSSR count). The van der Waals surface area contributed by atoms with Crippen LogP contribution in [0, 0.1) is 0 Å². The Hall–Kier alpha value is -8.10. The lowest BCUT2D eigenvalue weighted by molar-refractivity contribution is 0.0542. The Balaban J connectivity index is 1.54. The van der Waals surface area contributed by atoms with Crippen LogP contribution in [0.4, 0.5) is 19.2 Å². The Labute approximate surface area is 548 Å². The minimum absolute atomic E-state index is 0.0390. The number of ether oxygens (including phenoxy) is 8. The molecule has 0 unspecified atom stereocenters. The highest BCUT2D eigenvalue weighted by molar-refractivity contribution is 6.05. The first-order valence-corrected chi connectivity index (χ1v) is 32.3. The number of aliphatic imine (C=N–C) groups is 2. The van der Waals surface area contributed by atoms with Crippen LogP contribution >= 0.6 is 0 Å². The van der Waals surface area contributed by atoms with E-state index in [1.54, 1.807) is 95.2 Å². The van der Waals surface area contributed by atoms with Crippen molar-refractivity contribution < 1.29 is 76.3 Å². The van der Waals surface area contributed by atoms with E-state index >= 15 is 0 Å². The predicted molar refractivity (Wildman–Crippen MR) is 353 cm³/mol. The Morgan fingerprint density at radius 3 is 1.15 bits per heavy atom. The van der Waals surface area contributed by atoms with Crippen LogP contribution in [0.1, 0.15) is 221 Å². The number of carbonyl (C=O) groups excluding carboxylic acids is 8. The fourth-order valence-corrected chi connectivity index (χ4v) is 9.68. The summed E-state index contributed by atoms with van der Waals surface area (Å²) in [6.45, 7) is 22.1. The van der Waals surface area contributed by atoms with Crippen molar-refractivity contribution in [3.8, 4) is 23.0 Å². The van der Waals surface area contributed by atoms with Crippen LogP contribution in [0.25, 0.3) is 0 Å². The Kier molecular flexibility index (Phi) is 30.7. The van der Waals surface area contributed by atoms with Gasteiger partial charge < -0.3 is 74.7 Å². The molecule has 0 atom stereocenters. The van der Waals surface area contributed by atoms with Gasteiger partial charge in [-0.25, -0.2) is 19.2 Å². The summed E-state index contributed by atoms with van der Waals surface area (Å²) in [5.41, 5.74) is -2.67. The summed E-state index contributed by atoms with van der Waals surface area (Å²) in [4.78, 5) is 117. The Bertz CT molecular complexity index is 2890. The van der Waals surface area contributed by atoms with Crippen LogP contribution in [-0.2, 0) is 18.9 Å². The van der Waals surface area contributed by atoms with E-state index < -0.39 is 64.5 Å². The molecule has 0 aromatic heterocycles. The van der Waals surface area contributed by atoms with E-state index in [2.05, 4.69) is 52.5 Å². The number of rotatable bonds is 26. The summed E-state index contributed by atoms with van der Waals surface area (Å²) >= 11 is 0. The zero-order valence-electron chi connectivity index (χ0n) is 57.8. The molecular formula is C66H105N11O16. The van der Waals surface area contributed by atoms with Gasteiger partial charge >= 0.3 is 24.4 Å². The van der Waals surface area contributed by atoms with Crippen LogP contribution in [-0.4, -0.2) is 173 Å². The number of methoxy groups -OCH3 is 2. The number of benzene rings is 2. The van der Waals surface area contributed by atoms with E-state index in [1.165, 1.54) is 26.4 Å². The molecule has 2 aliphatic carbocycles. The average molecular weight is 1310 g/mol. The van der Waals surface area contributed by atoms with E-state index in [4.69, 9.17) is 37.9 Å². The normalized spacial score (nSPS) is 15.8. The van der Waals surface area contributed by atoms with Crippen LogP contribution < -0.4 is 61.5 Å². The van der Waals surface area contributed by atoms with Crippen molar-refractivity contribution in [2.75, 3.05) is 67.7 Å². The molecule has 93 heavy (non-hydrogen) atoms. The second-order valence-corrected chi connectivity index (χ2v) is 27.3. The molecule has 2 fully saturated rings. The maximum Gasteiger partial charge on any atom is 0.437 e. The largest absolute Gasteiger partial charge is 0.496 e. The minimum atomic E-state index is -0.911. The number of carbonyl (C=O) groups is 8. The standard InChI is InChI=1S/C66H105N11O16/c1-63(2,3)90-59(82)73-57(74-60(83)91-64(4,5)6)68-32-22-18-24-36-88-51-41-52(89-37-25-19-23-33-69-58(75-61(84)92-65(7,8)9)76-62(85)93-66(10,11)12)48(39-47(51)53(78)67-34-35-77(13)14)56(81)72-44-30-28-43(29-31-44)71-55(80)46-38-45(49(86-15)40-50(46)87-16)54(79)70-42-26-20-17-21-27-42/h38-44H,17-37H2,1-16H3,(H,67,78)(H,70,79)(H,71,80)(H,72,81)(H2,68,73,74,82,83)(H2,69,75,76,84,85). The van der Waals surface area contributed by atoms with Crippen LogP contribution in [0.15, 0.2) is 34.3 Å². The first kappa shape index (κ1) is 77.3. The molecule has 0 aliphatic heterocycles. The molecule has 0 radical (unpaired) electrons. The van der Waals surface area contributed by atoms with Crippen LogP contribution in [0.2, 0.25) is 0 Å². The van der Waals surface area contributed by atoms with E-state index in [0.717, 1.165) is 32.1 Å². The third-order valence-electron chi connectivity index (χ3n) is 13.9. The lowest BCUT2D eigenvalue weighted by Gasteiger charge is -2.30. The Morgan fingerprint density at radius 2 is 0.785 bits per heavy atom. The molecule has 0 bridgehead atoms. The molecule has 8 amide bonds. The minimum Gasteiger partial charge on any atom is -0.496 e. The maximum absolute atomic E-state index is 14.6. The van der Waals surface area contributed by atoms with E-state index in [-0.39, 0.29) is 108 Å². The molecule has 2 aromatic carbocycles. The van der Waals surface area contributed by atoms with Crippen molar-refractivity contribution in [1.29, 1.82) is 0 Å². The van der Waals surface area contributed by atoms with Gasteiger partial charge in [-0.1, -0.05) is 19.3 Å². The lowest BCUT2D eigenvalue weighted by atomic mass is 9.90. The molecule has 0 heterocycles. The average Bonchev–Trinajstić information content (AvgIpc) is 0.882. The van der Waals surface area contributed by atoms with Gasteiger partial charge in [0.05, 0.1) is 49.7 Å². The van der Waals surface area contributed by atoms with E-state index in [9.17, 15) is 38.4 Å². The fourth-order valence-electron chi connectivity index (χ4n) is 9.68. The number of amides is 8. The summed E-state index contributed by atoms with van der Waals surface area (Å²) < 4.78 is 45.3. The molecule has 8 N–H and O–H groups in total. The third-order valence-corrected chi connectivity index (χ3v) is 13.9. The van der Waals surface area contributed by atoms with Crippen LogP contribution in [0.5, 0.6) is 23.0 Å². The fraction of sp³-hybridized carbons (Fsp3) is 0.667. The first-order valence-electron chi connectivity index (χ1n) is 32.3. The van der Waals surface area contributed by atoms with Gasteiger partial charge in [-0.3, -0.25) is 29.8 Å². The van der Waals surface area contributed by atoms with Gasteiger partial charge in [0, 0.05) is 56.4 Å². The Morgan fingerprint density at radius 1 is 0.430 bits per heavy atom. The number of hydrogen-bond acceptors (Lipinski definition) is 17. The summed E-state index contributed by atoms with van der Waals surface area (Å²) in [7, 11) is 6.67. The number of guanidine groups is 2. The second kappa shape index (κ2) is 37.0. The number of nitrogens with one attached hydrogen (secondary N) is 8. The number of alkyl carbamates (subject to hydrolysis) is 2. The quantitative estimate of drug-likeness (QED) is 0.0188. The van der Waals surface area contributed by atoms with Gasteiger partial charge in [-0.05, 0) is 186 Å². The zero-order valence-corrected chi connectivity index (χ0v) is 57.8. The lowest BCUT2D eigenvalue weighted by Crippen LogP contribution is -2.44. The molecule has 27 nitrogen and oxygen atoms in total. The second-order valence-electron chi connectivity index (χ2n) is 27.3. The molecule has 2 aliphatic rings. The number of hydrogen-bond donors (Lipinski definition) is 8. The molecule has 2 saturated carbocycles. The van der Waals surface area contributed by atoms with Crippen molar-refractivity contribution in [1.82, 2.24) is 47.4 Å². The van der Waals surface area contributed by atoms with E-state index in [0.29, 0.717) is 77.3 Å². The van der Waals surface area contributed by atoms with Gasteiger partial charge in [0.2, 0.25) is 11.9 Å². The van der Waals surface area contributed by atoms with Crippen molar-refractivity contribution in [2.24, 2.45) is 9.98 Å². The summed E-state index contributed by atoms with van der Waals surface area (Å²) in [5, 5.41) is 23.3. The SMILES string of the molecule is COc1cc(OC)c(C(=O)NC2CCC(NC(=O)c3cc(C(=O)NCCN(C)C)c(OCCCCCN/C(=N/C(=O)OC(C)(C)C)NC(=O)OC(C)(C)C)cc3OCCCCCN/C(=N/C(=O)OC(C)(C)C)NC(=O)OC(C)(C)C)CC2)cc1C(=O)NC1CCCCC1. The number of unbranched alkanes of at least 4 members (excludes halogenated alkanes) is 4. The topological polar surface area (TPSA) is 335 Å². The molecular weight excluding hydrogens is 1200 g/mol. The molecule has 0 spiro atoms. The monoisotopic (exact) mass is 1310 g/mol. The summed E-state index contributed by atoms with van der Waals surface area (Å²) in [6, 6.07) is 5.54. The van der Waals surface area contributed by atoms with Gasteiger partial charge in [-0.15, -0.1) is 9.98 Å². The van der Waals surface area contributed by atoms with Gasteiger partial charge in [0.25, 0.3) is 23.6 Å². The zero-order chi connectivity index (χ0) is 69.1. The molecule has 2 aromatic rings. The predicted octanol–water partition coefficient (Wildman–Crippen LogP) is 9.44. The smallest absolute Gasteiger partial charge is 0.437 e. The van der Waals surface area contributed by atoms with Gasteiger partial charge in [0.1, 0.15) is 45.4 Å².